The van der Waals surface area contributed by atoms with Gasteiger partial charge in [0.1, 0.15) is 6.54 Å². The van der Waals surface area contributed by atoms with Crippen LogP contribution < -0.4 is 0 Å². The molecule has 0 aromatic heterocycles. The van der Waals surface area contributed by atoms with Gasteiger partial charge in [0.05, 0.1) is 7.11 Å². The lowest BCUT2D eigenvalue weighted by Crippen LogP contribution is -2.28. The molecule has 0 fully saturated rings. The van der Waals surface area contributed by atoms with Crippen LogP contribution in [0.25, 0.3) is 0 Å². The van der Waals surface area contributed by atoms with Gasteiger partial charge in [-0.05, 0) is 0 Å². The first-order valence-electron chi connectivity index (χ1n) is 2.20. The number of hydrogen-bond acceptors (Lipinski definition) is 2. The zero-order valence-electron chi connectivity index (χ0n) is 5.00. The minimum absolute atomic E-state index is 0.0498. The summed E-state index contributed by atoms with van der Waals surface area (Å²) in [5, 5.41) is 8.86. The van der Waals surface area contributed by atoms with Crippen molar-refractivity contribution >= 4 is 6.09 Å². The molecular formula is C5H7NO3. The molecule has 0 saturated heterocycles. The molecule has 0 aliphatic heterocycles. The van der Waals surface area contributed by atoms with E-state index in [4.69, 9.17) is 11.5 Å². The summed E-state index contributed by atoms with van der Waals surface area (Å²) < 4.78 is 0. The second-order valence-electron chi connectivity index (χ2n) is 1.21. The molecule has 0 unspecified atom stereocenters. The van der Waals surface area contributed by atoms with Crippen LogP contribution in [0.5, 0.6) is 0 Å². The quantitative estimate of drug-likeness (QED) is 0.427. The van der Waals surface area contributed by atoms with Gasteiger partial charge in [-0.15, -0.1) is 6.42 Å². The van der Waals surface area contributed by atoms with E-state index in [2.05, 4.69) is 10.8 Å². The van der Waals surface area contributed by atoms with Crippen molar-refractivity contribution in [3.8, 4) is 12.3 Å². The molecule has 9 heavy (non-hydrogen) atoms. The summed E-state index contributed by atoms with van der Waals surface area (Å²) in [5.74, 6) is 2.12. The number of carbonyl (C=O) groups is 1. The van der Waals surface area contributed by atoms with Gasteiger partial charge < -0.3 is 5.11 Å². The average molecular weight is 129 g/mol. The van der Waals surface area contributed by atoms with E-state index in [1.807, 2.05) is 0 Å². The average Bonchev–Trinajstić information content (AvgIpc) is 1.82. The molecule has 0 bridgehead atoms. The van der Waals surface area contributed by atoms with Crippen molar-refractivity contribution in [1.29, 1.82) is 0 Å². The first kappa shape index (κ1) is 7.79. The van der Waals surface area contributed by atoms with Gasteiger partial charge in [-0.25, -0.2) is 4.79 Å². The summed E-state index contributed by atoms with van der Waals surface area (Å²) in [6.07, 6.45) is 3.62. The van der Waals surface area contributed by atoms with Gasteiger partial charge in [0.25, 0.3) is 0 Å². The zero-order valence-corrected chi connectivity index (χ0v) is 5.00. The van der Waals surface area contributed by atoms with Crippen molar-refractivity contribution in [2.45, 2.75) is 0 Å². The van der Waals surface area contributed by atoms with Gasteiger partial charge in [-0.1, -0.05) is 5.92 Å². The number of nitrogens with zero attached hydrogens (tertiary/aromatic N) is 1. The van der Waals surface area contributed by atoms with Gasteiger partial charge in [0, 0.05) is 0 Å². The van der Waals surface area contributed by atoms with Gasteiger partial charge in [-0.2, -0.15) is 5.06 Å². The molecule has 0 aromatic carbocycles. The Morgan fingerprint density at radius 2 is 2.56 bits per heavy atom. The molecule has 50 valence electrons. The predicted molar refractivity (Wildman–Crippen MR) is 30.6 cm³/mol. The Labute approximate surface area is 53.0 Å². The smallest absolute Gasteiger partial charge is 0.432 e. The normalized spacial score (nSPS) is 8.00. The first-order chi connectivity index (χ1) is 4.22. The van der Waals surface area contributed by atoms with Crippen LogP contribution in [0.3, 0.4) is 0 Å². The maximum Gasteiger partial charge on any atom is 0.432 e. The molecule has 0 atom stereocenters. The van der Waals surface area contributed by atoms with Crippen molar-refractivity contribution < 1.29 is 14.7 Å². The fraction of sp³-hybridized carbons (Fsp3) is 0.400. The van der Waals surface area contributed by atoms with E-state index in [-0.39, 0.29) is 6.54 Å². The second-order valence-corrected chi connectivity index (χ2v) is 1.21. The Hall–Kier alpha value is -1.21. The Balaban J connectivity index is 3.71. The molecular weight excluding hydrogens is 122 g/mol. The van der Waals surface area contributed by atoms with Crippen LogP contribution in [0, 0.1) is 12.3 Å². The Morgan fingerprint density at radius 1 is 2.00 bits per heavy atom. The third kappa shape index (κ3) is 2.57. The van der Waals surface area contributed by atoms with Crippen molar-refractivity contribution in [2.75, 3.05) is 13.7 Å². The van der Waals surface area contributed by atoms with Crippen molar-refractivity contribution in [3.05, 3.63) is 0 Å². The standard InChI is InChI=1S/C5H7NO3/c1-3-4-6(9-2)5(7)8/h1H,4H2,2H3,(H,7,8). The molecule has 1 N–H and O–H groups in total. The van der Waals surface area contributed by atoms with Gasteiger partial charge in [0.15, 0.2) is 0 Å². The maximum absolute atomic E-state index is 10.0. The Kier molecular flexibility index (Phi) is 3.25. The molecule has 4 heteroatoms. The minimum Gasteiger partial charge on any atom is -0.463 e. The van der Waals surface area contributed by atoms with E-state index in [0.29, 0.717) is 5.06 Å². The third-order valence-corrected chi connectivity index (χ3v) is 0.669. The van der Waals surface area contributed by atoms with Crippen LogP contribution in [-0.2, 0) is 4.84 Å². The van der Waals surface area contributed by atoms with E-state index in [0.717, 1.165) is 0 Å². The van der Waals surface area contributed by atoms with Crippen LogP contribution in [0.2, 0.25) is 0 Å². The van der Waals surface area contributed by atoms with Crippen LogP contribution >= 0.6 is 0 Å². The molecule has 0 aliphatic rings. The highest BCUT2D eigenvalue weighted by Gasteiger charge is 2.06. The van der Waals surface area contributed by atoms with Crippen LogP contribution in [0.1, 0.15) is 0 Å². The second kappa shape index (κ2) is 3.75. The van der Waals surface area contributed by atoms with Crippen LogP contribution in [-0.4, -0.2) is 29.9 Å². The predicted octanol–water partition coefficient (Wildman–Crippen LogP) is 0.161. The van der Waals surface area contributed by atoms with Gasteiger partial charge >= 0.3 is 6.09 Å². The fourth-order valence-corrected chi connectivity index (χ4v) is 0.293. The Bertz CT molecular complexity index is 138. The molecule has 0 aliphatic carbocycles. The van der Waals surface area contributed by atoms with E-state index in [1.54, 1.807) is 0 Å². The highest BCUT2D eigenvalue weighted by molar-refractivity contribution is 5.63. The van der Waals surface area contributed by atoms with Crippen LogP contribution in [0.4, 0.5) is 4.79 Å². The molecule has 1 amide bonds. The third-order valence-electron chi connectivity index (χ3n) is 0.669. The number of carboxylic acid groups (broad SMARTS) is 1. The number of amides is 1. The lowest BCUT2D eigenvalue weighted by atomic mass is 10.7. The van der Waals surface area contributed by atoms with Crippen molar-refractivity contribution in [3.63, 3.8) is 0 Å². The summed E-state index contributed by atoms with van der Waals surface area (Å²) in [7, 11) is 1.24. The van der Waals surface area contributed by atoms with Gasteiger partial charge in [0.2, 0.25) is 0 Å². The molecule has 0 heterocycles. The summed E-state index contributed by atoms with van der Waals surface area (Å²) in [6, 6.07) is 0. The Morgan fingerprint density at radius 3 is 2.67 bits per heavy atom. The molecule has 0 aromatic rings. The van der Waals surface area contributed by atoms with Crippen LogP contribution in [0.15, 0.2) is 0 Å². The van der Waals surface area contributed by atoms with Gasteiger partial charge in [-0.3, -0.25) is 4.84 Å². The molecule has 0 rings (SSSR count). The summed E-state index contributed by atoms with van der Waals surface area (Å²) in [6.45, 7) is -0.0498. The van der Waals surface area contributed by atoms with E-state index < -0.39 is 6.09 Å². The number of hydroxylamine groups is 2. The summed E-state index contributed by atoms with van der Waals surface area (Å²) in [5.41, 5.74) is 0. The number of hydrogen-bond donors (Lipinski definition) is 1. The number of terminal acetylenes is 1. The highest BCUT2D eigenvalue weighted by Crippen LogP contribution is 1.85. The summed E-state index contributed by atoms with van der Waals surface area (Å²) in [4.78, 5) is 14.4. The fourth-order valence-electron chi connectivity index (χ4n) is 0.293. The van der Waals surface area contributed by atoms with Crippen molar-refractivity contribution in [2.24, 2.45) is 0 Å². The first-order valence-corrected chi connectivity index (χ1v) is 2.20. The largest absolute Gasteiger partial charge is 0.463 e. The zero-order chi connectivity index (χ0) is 7.28. The monoisotopic (exact) mass is 129 g/mol. The molecule has 4 nitrogen and oxygen atoms in total. The minimum atomic E-state index is -1.18. The summed E-state index contributed by atoms with van der Waals surface area (Å²) >= 11 is 0. The molecule has 0 saturated carbocycles. The van der Waals surface area contributed by atoms with Crippen molar-refractivity contribution in [1.82, 2.24) is 5.06 Å². The highest BCUT2D eigenvalue weighted by atomic mass is 16.7. The lowest BCUT2D eigenvalue weighted by molar-refractivity contribution is -0.0924. The van der Waals surface area contributed by atoms with E-state index in [9.17, 15) is 4.79 Å². The molecule has 0 spiro atoms. The lowest BCUT2D eigenvalue weighted by Gasteiger charge is -2.10. The maximum atomic E-state index is 10.0. The molecule has 0 radical (unpaired) electrons. The van der Waals surface area contributed by atoms with E-state index in [1.165, 1.54) is 7.11 Å². The topological polar surface area (TPSA) is 49.8 Å². The SMILES string of the molecule is C#CCN(OC)C(=O)O. The number of rotatable bonds is 2. The van der Waals surface area contributed by atoms with E-state index >= 15 is 0 Å².